The molecular formula is C21H16F2N2O. The number of nitrogens with zero attached hydrogens (tertiary/aromatic N) is 1. The standard InChI is InChI=1S/C21H16F2N2O/c22-21(23)9-10-25(12-21)14-7-5-13-6-8-16-19(17(13)11-14)24-18-4-2-1-3-15(18)20(16)26/h1-8,11H,9-10,12H2,(H,24,26). The number of benzene rings is 3. The first kappa shape index (κ1) is 15.3. The molecule has 2 heterocycles. The Morgan fingerprint density at radius 3 is 2.58 bits per heavy atom. The van der Waals surface area contributed by atoms with Gasteiger partial charge in [-0.05, 0) is 35.7 Å². The van der Waals surface area contributed by atoms with E-state index in [1.54, 1.807) is 11.0 Å². The number of rotatable bonds is 1. The summed E-state index contributed by atoms with van der Waals surface area (Å²) in [5.74, 6) is -2.64. The Labute approximate surface area is 147 Å². The second-order valence-corrected chi connectivity index (χ2v) is 6.92. The van der Waals surface area contributed by atoms with Crippen molar-refractivity contribution in [3.63, 3.8) is 0 Å². The third-order valence-corrected chi connectivity index (χ3v) is 5.22. The molecule has 5 rings (SSSR count). The van der Waals surface area contributed by atoms with E-state index in [2.05, 4.69) is 4.98 Å². The number of hydrogen-bond donors (Lipinski definition) is 1. The number of para-hydroxylation sites is 1. The zero-order valence-electron chi connectivity index (χ0n) is 13.9. The van der Waals surface area contributed by atoms with Gasteiger partial charge in [0, 0.05) is 40.3 Å². The van der Waals surface area contributed by atoms with E-state index in [0.717, 1.165) is 27.5 Å². The molecule has 0 amide bonds. The molecule has 1 aromatic heterocycles. The minimum Gasteiger partial charge on any atom is -0.365 e. The first-order chi connectivity index (χ1) is 12.5. The van der Waals surface area contributed by atoms with Crippen LogP contribution in [-0.4, -0.2) is 24.0 Å². The predicted molar refractivity (Wildman–Crippen MR) is 101 cm³/mol. The molecule has 1 saturated heterocycles. The van der Waals surface area contributed by atoms with Crippen molar-refractivity contribution in [2.24, 2.45) is 0 Å². The number of aromatic nitrogens is 1. The van der Waals surface area contributed by atoms with Crippen LogP contribution >= 0.6 is 0 Å². The molecule has 5 heteroatoms. The fourth-order valence-corrected chi connectivity index (χ4v) is 3.85. The van der Waals surface area contributed by atoms with Crippen LogP contribution in [0.25, 0.3) is 32.6 Å². The number of anilines is 1. The maximum atomic E-state index is 13.6. The predicted octanol–water partition coefficient (Wildman–Crippen LogP) is 4.68. The summed E-state index contributed by atoms with van der Waals surface area (Å²) in [5, 5.41) is 3.10. The molecule has 1 fully saturated rings. The lowest BCUT2D eigenvalue weighted by Crippen LogP contribution is -2.24. The zero-order chi connectivity index (χ0) is 17.9. The van der Waals surface area contributed by atoms with Gasteiger partial charge in [0.15, 0.2) is 5.43 Å². The molecule has 0 radical (unpaired) electrons. The number of nitrogens with one attached hydrogen (secondary N) is 1. The molecule has 0 spiro atoms. The van der Waals surface area contributed by atoms with Gasteiger partial charge < -0.3 is 9.88 Å². The number of aromatic amines is 1. The van der Waals surface area contributed by atoms with Crippen LogP contribution in [0.4, 0.5) is 14.5 Å². The number of fused-ring (bicyclic) bond motifs is 4. The van der Waals surface area contributed by atoms with Crippen LogP contribution in [0.2, 0.25) is 0 Å². The minimum atomic E-state index is -2.64. The third-order valence-electron chi connectivity index (χ3n) is 5.22. The molecule has 0 atom stereocenters. The quantitative estimate of drug-likeness (QED) is 0.400. The van der Waals surface area contributed by atoms with E-state index in [9.17, 15) is 13.6 Å². The highest BCUT2D eigenvalue weighted by Gasteiger charge is 2.38. The smallest absolute Gasteiger partial charge is 0.266 e. The van der Waals surface area contributed by atoms with Crippen LogP contribution in [0.1, 0.15) is 6.42 Å². The maximum Gasteiger partial charge on any atom is 0.266 e. The van der Waals surface area contributed by atoms with Crippen LogP contribution < -0.4 is 10.3 Å². The van der Waals surface area contributed by atoms with Gasteiger partial charge >= 0.3 is 0 Å². The van der Waals surface area contributed by atoms with E-state index in [-0.39, 0.29) is 18.4 Å². The molecule has 26 heavy (non-hydrogen) atoms. The van der Waals surface area contributed by atoms with Crippen molar-refractivity contribution in [2.45, 2.75) is 12.3 Å². The Morgan fingerprint density at radius 1 is 0.962 bits per heavy atom. The van der Waals surface area contributed by atoms with Crippen molar-refractivity contribution in [1.29, 1.82) is 0 Å². The highest BCUT2D eigenvalue weighted by molar-refractivity contribution is 6.09. The van der Waals surface area contributed by atoms with Crippen molar-refractivity contribution < 1.29 is 8.78 Å². The molecule has 0 unspecified atom stereocenters. The summed E-state index contributed by atoms with van der Waals surface area (Å²) in [6.07, 6.45) is -0.123. The van der Waals surface area contributed by atoms with E-state index in [0.29, 0.717) is 17.3 Å². The molecule has 3 nitrogen and oxygen atoms in total. The molecule has 1 aliphatic heterocycles. The number of pyridine rings is 1. The van der Waals surface area contributed by atoms with Crippen LogP contribution in [0.5, 0.6) is 0 Å². The Kier molecular flexibility index (Phi) is 3.11. The van der Waals surface area contributed by atoms with Gasteiger partial charge in [-0.15, -0.1) is 0 Å². The first-order valence-electron chi connectivity index (χ1n) is 8.62. The zero-order valence-corrected chi connectivity index (χ0v) is 13.9. The van der Waals surface area contributed by atoms with Crippen LogP contribution in [0, 0.1) is 0 Å². The van der Waals surface area contributed by atoms with E-state index < -0.39 is 5.92 Å². The Morgan fingerprint density at radius 2 is 1.77 bits per heavy atom. The van der Waals surface area contributed by atoms with Crippen molar-refractivity contribution in [2.75, 3.05) is 18.0 Å². The summed E-state index contributed by atoms with van der Waals surface area (Å²) < 4.78 is 27.2. The number of halogens is 2. The average molecular weight is 350 g/mol. The monoisotopic (exact) mass is 350 g/mol. The van der Waals surface area contributed by atoms with E-state index in [1.807, 2.05) is 48.5 Å². The van der Waals surface area contributed by atoms with E-state index in [4.69, 9.17) is 0 Å². The van der Waals surface area contributed by atoms with E-state index in [1.165, 1.54) is 0 Å². The van der Waals surface area contributed by atoms with Crippen LogP contribution in [-0.2, 0) is 0 Å². The third kappa shape index (κ3) is 2.27. The second kappa shape index (κ2) is 5.27. The lowest BCUT2D eigenvalue weighted by Gasteiger charge is -2.19. The molecular weight excluding hydrogens is 334 g/mol. The van der Waals surface area contributed by atoms with Crippen LogP contribution in [0.3, 0.4) is 0 Å². The van der Waals surface area contributed by atoms with Gasteiger partial charge in [0.25, 0.3) is 5.92 Å². The molecule has 130 valence electrons. The summed E-state index contributed by atoms with van der Waals surface area (Å²) in [4.78, 5) is 17.9. The first-order valence-corrected chi connectivity index (χ1v) is 8.62. The number of H-pyrrole nitrogens is 1. The van der Waals surface area contributed by atoms with Crippen molar-refractivity contribution in [1.82, 2.24) is 4.98 Å². The van der Waals surface area contributed by atoms with Gasteiger partial charge in [0.2, 0.25) is 0 Å². The molecule has 1 aliphatic rings. The topological polar surface area (TPSA) is 36.1 Å². The summed E-state index contributed by atoms with van der Waals surface area (Å²) in [6.45, 7) is 0.0748. The Balaban J connectivity index is 1.78. The minimum absolute atomic E-state index is 0.0191. The number of hydrogen-bond acceptors (Lipinski definition) is 2. The van der Waals surface area contributed by atoms with Gasteiger partial charge in [-0.25, -0.2) is 8.78 Å². The number of alkyl halides is 2. The normalized spacial score (nSPS) is 16.8. The molecule has 0 aliphatic carbocycles. The fourth-order valence-electron chi connectivity index (χ4n) is 3.85. The molecule has 0 saturated carbocycles. The summed E-state index contributed by atoms with van der Waals surface area (Å²) >= 11 is 0. The van der Waals surface area contributed by atoms with Gasteiger partial charge in [0.1, 0.15) is 0 Å². The van der Waals surface area contributed by atoms with E-state index >= 15 is 0 Å². The molecule has 4 aromatic rings. The lowest BCUT2D eigenvalue weighted by atomic mass is 10.0. The highest BCUT2D eigenvalue weighted by Crippen LogP contribution is 2.33. The van der Waals surface area contributed by atoms with Crippen molar-refractivity contribution in [3.05, 3.63) is 64.8 Å². The molecule has 0 bridgehead atoms. The van der Waals surface area contributed by atoms with Crippen molar-refractivity contribution in [3.8, 4) is 0 Å². The van der Waals surface area contributed by atoms with Gasteiger partial charge in [-0.3, -0.25) is 4.79 Å². The SMILES string of the molecule is O=c1c2ccccc2[nH]c2c1ccc1ccc(N3CCC(F)(F)C3)cc12. The summed E-state index contributed by atoms with van der Waals surface area (Å²) in [6, 6.07) is 16.8. The maximum absolute atomic E-state index is 13.6. The largest absolute Gasteiger partial charge is 0.365 e. The fraction of sp³-hybridized carbons (Fsp3) is 0.190. The Bertz CT molecular complexity index is 1230. The van der Waals surface area contributed by atoms with Crippen molar-refractivity contribution >= 4 is 38.3 Å². The average Bonchev–Trinajstić information content (AvgIpc) is 3.01. The lowest BCUT2D eigenvalue weighted by molar-refractivity contribution is 0.0257. The van der Waals surface area contributed by atoms with Crippen LogP contribution in [0.15, 0.2) is 59.4 Å². The second-order valence-electron chi connectivity index (χ2n) is 6.92. The van der Waals surface area contributed by atoms with Gasteiger partial charge in [0.05, 0.1) is 12.1 Å². The summed E-state index contributed by atoms with van der Waals surface area (Å²) in [5.41, 5.74) is 2.26. The Hall–Kier alpha value is -2.95. The highest BCUT2D eigenvalue weighted by atomic mass is 19.3. The molecule has 1 N–H and O–H groups in total. The van der Waals surface area contributed by atoms with Gasteiger partial charge in [-0.2, -0.15) is 0 Å². The summed E-state index contributed by atoms with van der Waals surface area (Å²) in [7, 11) is 0. The molecule has 3 aromatic carbocycles. The van der Waals surface area contributed by atoms with Gasteiger partial charge in [-0.1, -0.05) is 24.3 Å².